The van der Waals surface area contributed by atoms with Gasteiger partial charge < -0.3 is 20.3 Å². The second kappa shape index (κ2) is 8.38. The van der Waals surface area contributed by atoms with Gasteiger partial charge in [-0.2, -0.15) is 0 Å². The van der Waals surface area contributed by atoms with Gasteiger partial charge in [0.1, 0.15) is 5.75 Å². The monoisotopic (exact) mass is 353 g/mol. The molecule has 6 heteroatoms. The summed E-state index contributed by atoms with van der Waals surface area (Å²) in [4.78, 5) is 26.0. The van der Waals surface area contributed by atoms with Crippen LogP contribution in [0.3, 0.4) is 0 Å². The molecule has 1 atom stereocenters. The topological polar surface area (TPSA) is 70.7 Å². The minimum absolute atomic E-state index is 0.00440. The Hall–Kier alpha value is -3.02. The summed E-state index contributed by atoms with van der Waals surface area (Å²) in [5.74, 6) is 0.748. The number of carbonyl (C=O) groups excluding carboxylic acids is 2. The molecule has 0 aliphatic carbocycles. The molecular formula is C20H23N3O3. The molecule has 2 aromatic rings. The fourth-order valence-electron chi connectivity index (χ4n) is 3.02. The highest BCUT2D eigenvalue weighted by Crippen LogP contribution is 2.24. The van der Waals surface area contributed by atoms with E-state index in [0.717, 1.165) is 17.9 Å². The number of methoxy groups -OCH3 is 1. The number of carbonyl (C=O) groups is 2. The van der Waals surface area contributed by atoms with Crippen molar-refractivity contribution in [3.05, 3.63) is 60.2 Å². The minimum atomic E-state index is -0.240. The van der Waals surface area contributed by atoms with Crippen LogP contribution in [-0.4, -0.2) is 38.2 Å². The Morgan fingerprint density at radius 2 is 1.88 bits per heavy atom. The summed E-state index contributed by atoms with van der Waals surface area (Å²) in [6.07, 6.45) is 1.08. The maximum atomic E-state index is 12.2. The molecule has 0 bridgehead atoms. The molecule has 2 aromatic carbocycles. The van der Waals surface area contributed by atoms with Crippen molar-refractivity contribution in [2.24, 2.45) is 0 Å². The maximum absolute atomic E-state index is 12.2. The highest BCUT2D eigenvalue weighted by Gasteiger charge is 2.31. The molecule has 2 N–H and O–H groups in total. The van der Waals surface area contributed by atoms with Crippen LogP contribution in [0.25, 0.3) is 0 Å². The molecule has 0 saturated carbocycles. The molecule has 1 fully saturated rings. The summed E-state index contributed by atoms with van der Waals surface area (Å²) in [5.41, 5.74) is 1.99. The number of benzene rings is 2. The zero-order valence-electron chi connectivity index (χ0n) is 14.8. The van der Waals surface area contributed by atoms with Gasteiger partial charge in [-0.05, 0) is 36.2 Å². The van der Waals surface area contributed by atoms with E-state index in [1.54, 1.807) is 12.0 Å². The van der Waals surface area contributed by atoms with Crippen molar-refractivity contribution in [2.45, 2.75) is 18.9 Å². The second-order valence-electron chi connectivity index (χ2n) is 6.24. The van der Waals surface area contributed by atoms with Crippen LogP contribution in [0.2, 0.25) is 0 Å². The Balaban J connectivity index is 1.46. The van der Waals surface area contributed by atoms with Crippen molar-refractivity contribution in [1.82, 2.24) is 10.6 Å². The summed E-state index contributed by atoms with van der Waals surface area (Å²) in [6.45, 7) is 1.02. The predicted molar refractivity (Wildman–Crippen MR) is 100 cm³/mol. The average Bonchev–Trinajstić information content (AvgIpc) is 3.02. The first-order chi connectivity index (χ1) is 12.7. The lowest BCUT2D eigenvalue weighted by Crippen LogP contribution is -2.43. The van der Waals surface area contributed by atoms with Gasteiger partial charge in [0.05, 0.1) is 13.2 Å². The van der Waals surface area contributed by atoms with E-state index < -0.39 is 0 Å². The first-order valence-electron chi connectivity index (χ1n) is 8.68. The fraction of sp³-hybridized carbons (Fsp3) is 0.300. The molecule has 0 unspecified atom stereocenters. The molecule has 6 nitrogen and oxygen atoms in total. The lowest BCUT2D eigenvalue weighted by atomic mass is 10.1. The van der Waals surface area contributed by atoms with Crippen LogP contribution in [0.5, 0.6) is 5.75 Å². The zero-order valence-corrected chi connectivity index (χ0v) is 14.8. The van der Waals surface area contributed by atoms with Crippen molar-refractivity contribution in [1.29, 1.82) is 0 Å². The maximum Gasteiger partial charge on any atom is 0.315 e. The van der Waals surface area contributed by atoms with E-state index in [0.29, 0.717) is 19.5 Å². The molecule has 1 aliphatic rings. The molecule has 0 radical (unpaired) electrons. The van der Waals surface area contributed by atoms with Gasteiger partial charge in [0, 0.05) is 25.2 Å². The normalized spacial score (nSPS) is 16.4. The smallest absolute Gasteiger partial charge is 0.315 e. The molecule has 1 aliphatic heterocycles. The SMILES string of the molecule is COc1ccc(N2C[C@H](NC(=O)NCCc3ccccc3)CC2=O)cc1. The lowest BCUT2D eigenvalue weighted by Gasteiger charge is -2.17. The Morgan fingerprint density at radius 1 is 1.15 bits per heavy atom. The van der Waals surface area contributed by atoms with E-state index in [1.165, 1.54) is 5.56 Å². The van der Waals surface area contributed by atoms with Crippen LogP contribution in [-0.2, 0) is 11.2 Å². The van der Waals surface area contributed by atoms with Gasteiger partial charge in [-0.15, -0.1) is 0 Å². The number of hydrogen-bond acceptors (Lipinski definition) is 3. The Kier molecular flexibility index (Phi) is 5.73. The summed E-state index contributed by atoms with van der Waals surface area (Å²) in [5, 5.41) is 5.73. The van der Waals surface area contributed by atoms with E-state index in [2.05, 4.69) is 10.6 Å². The Labute approximate surface area is 153 Å². The van der Waals surface area contributed by atoms with Crippen molar-refractivity contribution in [2.75, 3.05) is 25.1 Å². The Morgan fingerprint density at radius 3 is 2.58 bits per heavy atom. The number of nitrogens with zero attached hydrogens (tertiary/aromatic N) is 1. The van der Waals surface area contributed by atoms with Gasteiger partial charge in [-0.1, -0.05) is 30.3 Å². The molecule has 3 rings (SSSR count). The largest absolute Gasteiger partial charge is 0.497 e. The number of ether oxygens (including phenoxy) is 1. The number of urea groups is 1. The van der Waals surface area contributed by atoms with Crippen molar-refractivity contribution >= 4 is 17.6 Å². The van der Waals surface area contributed by atoms with Gasteiger partial charge in [0.15, 0.2) is 0 Å². The van der Waals surface area contributed by atoms with Crippen LogP contribution < -0.4 is 20.3 Å². The lowest BCUT2D eigenvalue weighted by molar-refractivity contribution is -0.117. The van der Waals surface area contributed by atoms with Gasteiger partial charge in [-0.25, -0.2) is 4.79 Å². The minimum Gasteiger partial charge on any atom is -0.497 e. The highest BCUT2D eigenvalue weighted by atomic mass is 16.5. The van der Waals surface area contributed by atoms with E-state index in [-0.39, 0.29) is 18.0 Å². The van der Waals surface area contributed by atoms with Crippen LogP contribution in [0, 0.1) is 0 Å². The van der Waals surface area contributed by atoms with E-state index >= 15 is 0 Å². The molecule has 0 spiro atoms. The van der Waals surface area contributed by atoms with E-state index in [9.17, 15) is 9.59 Å². The number of anilines is 1. The van der Waals surface area contributed by atoms with Crippen LogP contribution in [0.4, 0.5) is 10.5 Å². The molecule has 0 aromatic heterocycles. The molecule has 1 heterocycles. The van der Waals surface area contributed by atoms with E-state index in [1.807, 2.05) is 54.6 Å². The third-order valence-electron chi connectivity index (χ3n) is 4.39. The third-order valence-corrected chi connectivity index (χ3v) is 4.39. The fourth-order valence-corrected chi connectivity index (χ4v) is 3.02. The summed E-state index contributed by atoms with van der Waals surface area (Å²) >= 11 is 0. The van der Waals surface area contributed by atoms with E-state index in [4.69, 9.17) is 4.74 Å². The van der Waals surface area contributed by atoms with Crippen LogP contribution >= 0.6 is 0 Å². The molecule has 1 saturated heterocycles. The average molecular weight is 353 g/mol. The zero-order chi connectivity index (χ0) is 18.4. The molecular weight excluding hydrogens is 330 g/mol. The number of nitrogens with one attached hydrogen (secondary N) is 2. The summed E-state index contributed by atoms with van der Waals surface area (Å²) in [6, 6.07) is 16.9. The number of hydrogen-bond donors (Lipinski definition) is 2. The standard InChI is InChI=1S/C20H23N3O3/c1-26-18-9-7-17(8-10-18)23-14-16(13-19(23)24)22-20(25)21-12-11-15-5-3-2-4-6-15/h2-10,16H,11-14H2,1H3,(H2,21,22,25)/t16-/m1/s1. The number of rotatable bonds is 6. The second-order valence-corrected chi connectivity index (χ2v) is 6.24. The molecule has 136 valence electrons. The van der Waals surface area contributed by atoms with Crippen LogP contribution in [0.15, 0.2) is 54.6 Å². The summed E-state index contributed by atoms with van der Waals surface area (Å²) in [7, 11) is 1.60. The van der Waals surface area contributed by atoms with Crippen LogP contribution in [0.1, 0.15) is 12.0 Å². The number of amides is 3. The molecule has 26 heavy (non-hydrogen) atoms. The highest BCUT2D eigenvalue weighted by molar-refractivity contribution is 5.96. The van der Waals surface area contributed by atoms with Crippen molar-refractivity contribution in [3.8, 4) is 5.75 Å². The van der Waals surface area contributed by atoms with Gasteiger partial charge in [0.2, 0.25) is 5.91 Å². The summed E-state index contributed by atoms with van der Waals surface area (Å²) < 4.78 is 5.13. The first-order valence-corrected chi connectivity index (χ1v) is 8.68. The van der Waals surface area contributed by atoms with Crippen molar-refractivity contribution < 1.29 is 14.3 Å². The predicted octanol–water partition coefficient (Wildman–Crippen LogP) is 2.34. The van der Waals surface area contributed by atoms with Gasteiger partial charge in [0.25, 0.3) is 0 Å². The third kappa shape index (κ3) is 4.53. The Bertz CT molecular complexity index is 747. The van der Waals surface area contributed by atoms with Gasteiger partial charge in [-0.3, -0.25) is 4.79 Å². The van der Waals surface area contributed by atoms with Crippen molar-refractivity contribution in [3.63, 3.8) is 0 Å². The quantitative estimate of drug-likeness (QED) is 0.837. The molecule has 3 amide bonds. The first kappa shape index (κ1) is 17.8. The van der Waals surface area contributed by atoms with Gasteiger partial charge >= 0.3 is 6.03 Å².